The smallest absolute Gasteiger partial charge is 0.226 e. The van der Waals surface area contributed by atoms with E-state index in [0.29, 0.717) is 0 Å². The van der Waals surface area contributed by atoms with Crippen LogP contribution in [0.1, 0.15) is 6.92 Å². The van der Waals surface area contributed by atoms with Crippen LogP contribution in [0, 0.1) is 5.92 Å². The molecular formula is C7H14N2O. The Labute approximate surface area is 61.4 Å². The zero-order valence-electron chi connectivity index (χ0n) is 6.55. The van der Waals surface area contributed by atoms with E-state index in [-0.39, 0.29) is 11.8 Å². The second-order valence-corrected chi connectivity index (χ2v) is 2.86. The van der Waals surface area contributed by atoms with Crippen molar-refractivity contribution in [3.8, 4) is 0 Å². The lowest BCUT2D eigenvalue weighted by Crippen LogP contribution is -2.31. The lowest BCUT2D eigenvalue weighted by atomic mass is 10.1. The fraction of sp³-hybridized carbons (Fsp3) is 0.857. The van der Waals surface area contributed by atoms with E-state index in [2.05, 4.69) is 5.32 Å². The van der Waals surface area contributed by atoms with E-state index in [1.54, 1.807) is 4.90 Å². The zero-order chi connectivity index (χ0) is 7.56. The Morgan fingerprint density at radius 1 is 1.70 bits per heavy atom. The van der Waals surface area contributed by atoms with Gasteiger partial charge in [-0.3, -0.25) is 4.79 Å². The van der Waals surface area contributed by atoms with Crippen LogP contribution in [0.5, 0.6) is 0 Å². The van der Waals surface area contributed by atoms with Crippen LogP contribution in [0.4, 0.5) is 0 Å². The third-order valence-corrected chi connectivity index (χ3v) is 1.87. The molecule has 0 radical (unpaired) electrons. The molecule has 0 aliphatic carbocycles. The highest BCUT2D eigenvalue weighted by Gasteiger charge is 2.19. The SMILES string of the molecule is CC1CNCCN(C)C1=O. The first-order chi connectivity index (χ1) is 4.72. The first-order valence-electron chi connectivity index (χ1n) is 3.67. The van der Waals surface area contributed by atoms with Crippen molar-refractivity contribution in [1.29, 1.82) is 0 Å². The van der Waals surface area contributed by atoms with Crippen molar-refractivity contribution >= 4 is 5.91 Å². The van der Waals surface area contributed by atoms with E-state index in [0.717, 1.165) is 19.6 Å². The molecule has 1 saturated heterocycles. The van der Waals surface area contributed by atoms with Crippen molar-refractivity contribution in [3.05, 3.63) is 0 Å². The maximum absolute atomic E-state index is 11.2. The van der Waals surface area contributed by atoms with Crippen molar-refractivity contribution in [2.45, 2.75) is 6.92 Å². The van der Waals surface area contributed by atoms with Gasteiger partial charge in [-0.1, -0.05) is 6.92 Å². The molecule has 1 N–H and O–H groups in total. The van der Waals surface area contributed by atoms with E-state index in [1.807, 2.05) is 14.0 Å². The van der Waals surface area contributed by atoms with E-state index in [1.165, 1.54) is 0 Å². The number of carbonyl (C=O) groups is 1. The van der Waals surface area contributed by atoms with E-state index in [9.17, 15) is 4.79 Å². The molecule has 0 aromatic rings. The van der Waals surface area contributed by atoms with Crippen molar-refractivity contribution in [1.82, 2.24) is 10.2 Å². The normalized spacial score (nSPS) is 28.4. The molecule has 1 unspecified atom stereocenters. The van der Waals surface area contributed by atoms with Gasteiger partial charge in [0.05, 0.1) is 0 Å². The molecule has 3 nitrogen and oxygen atoms in total. The van der Waals surface area contributed by atoms with Gasteiger partial charge in [0.2, 0.25) is 5.91 Å². The molecule has 10 heavy (non-hydrogen) atoms. The first-order valence-corrected chi connectivity index (χ1v) is 3.67. The Morgan fingerprint density at radius 2 is 2.40 bits per heavy atom. The van der Waals surface area contributed by atoms with Crippen LogP contribution in [0.2, 0.25) is 0 Å². The number of hydrogen-bond donors (Lipinski definition) is 1. The number of rotatable bonds is 0. The molecule has 0 saturated carbocycles. The number of likely N-dealkylation sites (N-methyl/N-ethyl adjacent to an activating group) is 1. The molecule has 0 spiro atoms. The second kappa shape index (κ2) is 3.01. The van der Waals surface area contributed by atoms with Crippen LogP contribution in [0.25, 0.3) is 0 Å². The minimum absolute atomic E-state index is 0.146. The molecule has 0 aromatic heterocycles. The summed E-state index contributed by atoms with van der Waals surface area (Å²) in [6.45, 7) is 4.54. The summed E-state index contributed by atoms with van der Waals surface area (Å²) >= 11 is 0. The van der Waals surface area contributed by atoms with Crippen molar-refractivity contribution < 1.29 is 4.79 Å². The van der Waals surface area contributed by atoms with Gasteiger partial charge in [-0.05, 0) is 0 Å². The summed E-state index contributed by atoms with van der Waals surface area (Å²) in [5.74, 6) is 0.400. The monoisotopic (exact) mass is 142 g/mol. The van der Waals surface area contributed by atoms with Crippen LogP contribution in [-0.4, -0.2) is 37.5 Å². The molecule has 58 valence electrons. The summed E-state index contributed by atoms with van der Waals surface area (Å²) in [6.07, 6.45) is 0. The molecule has 1 atom stereocenters. The Morgan fingerprint density at radius 3 is 3.10 bits per heavy atom. The fourth-order valence-corrected chi connectivity index (χ4v) is 1.14. The van der Waals surface area contributed by atoms with Crippen molar-refractivity contribution in [2.24, 2.45) is 5.92 Å². The lowest BCUT2D eigenvalue weighted by molar-refractivity contribution is -0.132. The summed E-state index contributed by atoms with van der Waals surface area (Å²) in [4.78, 5) is 13.0. The van der Waals surface area contributed by atoms with Gasteiger partial charge < -0.3 is 10.2 Å². The minimum Gasteiger partial charge on any atom is -0.344 e. The van der Waals surface area contributed by atoms with E-state index >= 15 is 0 Å². The van der Waals surface area contributed by atoms with Gasteiger partial charge in [0.15, 0.2) is 0 Å². The summed E-state index contributed by atoms with van der Waals surface area (Å²) in [6, 6.07) is 0. The average Bonchev–Trinajstić information content (AvgIpc) is 2.04. The molecule has 1 rings (SSSR count). The second-order valence-electron chi connectivity index (χ2n) is 2.86. The number of hydrogen-bond acceptors (Lipinski definition) is 2. The Kier molecular flexibility index (Phi) is 2.27. The largest absolute Gasteiger partial charge is 0.344 e. The molecule has 3 heteroatoms. The zero-order valence-corrected chi connectivity index (χ0v) is 6.55. The van der Waals surface area contributed by atoms with E-state index < -0.39 is 0 Å². The summed E-state index contributed by atoms with van der Waals surface area (Å²) in [5.41, 5.74) is 0. The summed E-state index contributed by atoms with van der Waals surface area (Å²) < 4.78 is 0. The van der Waals surface area contributed by atoms with Gasteiger partial charge in [0, 0.05) is 32.6 Å². The molecular weight excluding hydrogens is 128 g/mol. The van der Waals surface area contributed by atoms with Crippen LogP contribution in [-0.2, 0) is 4.79 Å². The summed E-state index contributed by atoms with van der Waals surface area (Å²) in [5, 5.41) is 3.20. The van der Waals surface area contributed by atoms with Crippen LogP contribution >= 0.6 is 0 Å². The first kappa shape index (κ1) is 7.54. The van der Waals surface area contributed by atoms with Gasteiger partial charge in [0.25, 0.3) is 0 Å². The van der Waals surface area contributed by atoms with Crippen molar-refractivity contribution in [2.75, 3.05) is 26.7 Å². The van der Waals surface area contributed by atoms with Crippen molar-refractivity contribution in [3.63, 3.8) is 0 Å². The average molecular weight is 142 g/mol. The molecule has 1 amide bonds. The van der Waals surface area contributed by atoms with Gasteiger partial charge in [0.1, 0.15) is 0 Å². The quantitative estimate of drug-likeness (QED) is 0.503. The Hall–Kier alpha value is -0.570. The number of nitrogens with one attached hydrogen (secondary N) is 1. The van der Waals surface area contributed by atoms with Gasteiger partial charge in [-0.2, -0.15) is 0 Å². The number of carbonyl (C=O) groups excluding carboxylic acids is 1. The van der Waals surface area contributed by atoms with Gasteiger partial charge in [-0.25, -0.2) is 0 Å². The van der Waals surface area contributed by atoms with Gasteiger partial charge >= 0.3 is 0 Å². The topological polar surface area (TPSA) is 32.3 Å². The lowest BCUT2D eigenvalue weighted by Gasteiger charge is -2.15. The molecule has 1 aliphatic heterocycles. The highest BCUT2D eigenvalue weighted by Crippen LogP contribution is 2.01. The highest BCUT2D eigenvalue weighted by atomic mass is 16.2. The molecule has 0 bridgehead atoms. The molecule has 0 aromatic carbocycles. The predicted octanol–water partition coefficient (Wildman–Crippen LogP) is -0.316. The molecule has 1 heterocycles. The van der Waals surface area contributed by atoms with Crippen LogP contribution < -0.4 is 5.32 Å². The Bertz CT molecular complexity index is 122. The number of nitrogens with zero attached hydrogens (tertiary/aromatic N) is 1. The molecule has 1 fully saturated rings. The standard InChI is InChI=1S/C7H14N2O/c1-6-5-8-3-4-9(2)7(6)10/h6,8H,3-5H2,1-2H3. The third kappa shape index (κ3) is 1.48. The Balaban J connectivity index is 2.55. The summed E-state index contributed by atoms with van der Waals surface area (Å²) in [7, 11) is 1.85. The van der Waals surface area contributed by atoms with Gasteiger partial charge in [-0.15, -0.1) is 0 Å². The maximum atomic E-state index is 11.2. The third-order valence-electron chi connectivity index (χ3n) is 1.87. The number of amides is 1. The maximum Gasteiger partial charge on any atom is 0.226 e. The minimum atomic E-state index is 0.146. The van der Waals surface area contributed by atoms with Crippen LogP contribution in [0.15, 0.2) is 0 Å². The fourth-order valence-electron chi connectivity index (χ4n) is 1.14. The van der Waals surface area contributed by atoms with E-state index in [4.69, 9.17) is 0 Å². The highest BCUT2D eigenvalue weighted by molar-refractivity contribution is 5.78. The molecule has 1 aliphatic rings. The predicted molar refractivity (Wildman–Crippen MR) is 39.7 cm³/mol. The van der Waals surface area contributed by atoms with Crippen LogP contribution in [0.3, 0.4) is 0 Å².